The van der Waals surface area contributed by atoms with Gasteiger partial charge >= 0.3 is 5.88 Å². The van der Waals surface area contributed by atoms with Crippen molar-refractivity contribution >= 4 is 18.0 Å². The molecule has 0 saturated heterocycles. The molecule has 2 rings (SSSR count). The van der Waals surface area contributed by atoms with Gasteiger partial charge in [-0.25, -0.2) is 5.43 Å². The lowest BCUT2D eigenvalue weighted by atomic mass is 10.2. The summed E-state index contributed by atoms with van der Waals surface area (Å²) >= 11 is 0. The summed E-state index contributed by atoms with van der Waals surface area (Å²) in [5.74, 6) is -0.627. The minimum absolute atomic E-state index is 0.169. The quantitative estimate of drug-likeness (QED) is 0.517. The lowest BCUT2D eigenvalue weighted by molar-refractivity contribution is -0.402. The molecule has 0 radical (unpaired) electrons. The summed E-state index contributed by atoms with van der Waals surface area (Å²) in [6, 6.07) is 5.75. The molecule has 0 aromatic carbocycles. The predicted octanol–water partition coefficient (Wildman–Crippen LogP) is 1.66. The van der Waals surface area contributed by atoms with E-state index in [9.17, 15) is 14.9 Å². The van der Waals surface area contributed by atoms with E-state index in [0.29, 0.717) is 11.3 Å². The minimum atomic E-state index is -0.657. The number of rotatable bonds is 4. The summed E-state index contributed by atoms with van der Waals surface area (Å²) in [4.78, 5) is 25.4. The van der Waals surface area contributed by atoms with Crippen LogP contribution in [0.3, 0.4) is 0 Å². The maximum Gasteiger partial charge on any atom is 0.433 e. The van der Waals surface area contributed by atoms with Crippen LogP contribution < -0.4 is 5.43 Å². The maximum atomic E-state index is 11.7. The van der Waals surface area contributed by atoms with Gasteiger partial charge in [-0.05, 0) is 25.1 Å². The third-order valence-corrected chi connectivity index (χ3v) is 2.31. The van der Waals surface area contributed by atoms with E-state index in [1.54, 1.807) is 19.1 Å². The van der Waals surface area contributed by atoms with Gasteiger partial charge in [0.1, 0.15) is 4.92 Å². The Bertz CT molecular complexity index is 678. The first kappa shape index (κ1) is 13.4. The van der Waals surface area contributed by atoms with Crippen molar-refractivity contribution in [1.82, 2.24) is 10.4 Å². The van der Waals surface area contributed by atoms with Crippen molar-refractivity contribution in [3.05, 3.63) is 57.6 Å². The molecule has 102 valence electrons. The van der Waals surface area contributed by atoms with Gasteiger partial charge < -0.3 is 4.42 Å². The van der Waals surface area contributed by atoms with Gasteiger partial charge in [-0.15, -0.1) is 0 Å². The zero-order valence-electron chi connectivity index (χ0n) is 10.4. The van der Waals surface area contributed by atoms with Crippen LogP contribution in [-0.2, 0) is 0 Å². The number of nitrogens with zero attached hydrogens (tertiary/aromatic N) is 3. The Hall–Kier alpha value is -3.03. The molecule has 8 heteroatoms. The zero-order valence-corrected chi connectivity index (χ0v) is 10.4. The topological polar surface area (TPSA) is 111 Å². The summed E-state index contributed by atoms with van der Waals surface area (Å²) in [5.41, 5.74) is 3.41. The molecule has 2 heterocycles. The van der Waals surface area contributed by atoms with Crippen LogP contribution in [-0.4, -0.2) is 22.0 Å². The van der Waals surface area contributed by atoms with Crippen molar-refractivity contribution in [2.24, 2.45) is 5.10 Å². The van der Waals surface area contributed by atoms with Gasteiger partial charge in [0.25, 0.3) is 5.91 Å². The molecule has 2 aromatic rings. The van der Waals surface area contributed by atoms with Crippen molar-refractivity contribution in [2.45, 2.75) is 6.92 Å². The number of aryl methyl sites for hydroxylation is 1. The first-order valence-electron chi connectivity index (χ1n) is 5.56. The fourth-order valence-corrected chi connectivity index (χ4v) is 1.42. The normalized spacial score (nSPS) is 10.7. The van der Waals surface area contributed by atoms with Crippen molar-refractivity contribution < 1.29 is 14.1 Å². The van der Waals surface area contributed by atoms with Crippen molar-refractivity contribution in [3.8, 4) is 0 Å². The molecule has 0 aliphatic rings. The lowest BCUT2D eigenvalue weighted by Gasteiger charge is -1.99. The Labute approximate surface area is 113 Å². The number of nitro groups is 1. The molecule has 8 nitrogen and oxygen atoms in total. The van der Waals surface area contributed by atoms with E-state index in [1.807, 2.05) is 0 Å². The van der Waals surface area contributed by atoms with Crippen LogP contribution >= 0.6 is 0 Å². The second kappa shape index (κ2) is 5.74. The van der Waals surface area contributed by atoms with Crippen molar-refractivity contribution in [3.63, 3.8) is 0 Å². The van der Waals surface area contributed by atoms with Crippen LogP contribution in [0.15, 0.2) is 40.0 Å². The third-order valence-electron chi connectivity index (χ3n) is 2.31. The molecule has 0 aliphatic heterocycles. The van der Waals surface area contributed by atoms with Gasteiger partial charge in [-0.3, -0.25) is 19.9 Å². The molecule has 0 saturated carbocycles. The fraction of sp³-hybridized carbons (Fsp3) is 0.0833. The Kier molecular flexibility index (Phi) is 3.85. The van der Waals surface area contributed by atoms with Crippen LogP contribution in [0.1, 0.15) is 21.8 Å². The van der Waals surface area contributed by atoms with Gasteiger partial charge in [-0.1, -0.05) is 0 Å². The SMILES string of the molecule is Cc1cc(C(=O)N/N=C\c2ccc([N+](=O)[O-])o2)ccn1. The monoisotopic (exact) mass is 274 g/mol. The fourth-order valence-electron chi connectivity index (χ4n) is 1.42. The molecule has 0 fully saturated rings. The predicted molar refractivity (Wildman–Crippen MR) is 69.4 cm³/mol. The van der Waals surface area contributed by atoms with E-state index in [-0.39, 0.29) is 11.6 Å². The van der Waals surface area contributed by atoms with Crippen LogP contribution in [0, 0.1) is 17.0 Å². The summed E-state index contributed by atoms with van der Waals surface area (Å²) < 4.78 is 4.84. The number of nitrogens with one attached hydrogen (secondary N) is 1. The number of pyridine rings is 1. The van der Waals surface area contributed by atoms with E-state index in [2.05, 4.69) is 15.5 Å². The van der Waals surface area contributed by atoms with Crippen molar-refractivity contribution in [1.29, 1.82) is 0 Å². The van der Waals surface area contributed by atoms with Gasteiger partial charge in [0, 0.05) is 17.5 Å². The molecule has 0 bridgehead atoms. The number of hydrogen-bond acceptors (Lipinski definition) is 6. The highest BCUT2D eigenvalue weighted by Gasteiger charge is 2.10. The largest absolute Gasteiger partial charge is 0.433 e. The van der Waals surface area contributed by atoms with Crippen molar-refractivity contribution in [2.75, 3.05) is 0 Å². The van der Waals surface area contributed by atoms with E-state index in [0.717, 1.165) is 0 Å². The average Bonchev–Trinajstić information content (AvgIpc) is 2.87. The van der Waals surface area contributed by atoms with E-state index >= 15 is 0 Å². The molecule has 2 aromatic heterocycles. The second-order valence-electron chi connectivity index (χ2n) is 3.82. The number of furan rings is 1. The summed E-state index contributed by atoms with van der Waals surface area (Å²) in [6.07, 6.45) is 2.70. The third kappa shape index (κ3) is 3.25. The van der Waals surface area contributed by atoms with Gasteiger partial charge in [0.15, 0.2) is 5.76 Å². The number of hydrazone groups is 1. The molecular weight excluding hydrogens is 264 g/mol. The summed E-state index contributed by atoms with van der Waals surface area (Å²) in [6.45, 7) is 1.77. The first-order chi connectivity index (χ1) is 9.56. The highest BCUT2D eigenvalue weighted by atomic mass is 16.6. The molecular formula is C12H10N4O4. The highest BCUT2D eigenvalue weighted by Crippen LogP contribution is 2.13. The van der Waals surface area contributed by atoms with Crippen LogP contribution in [0.4, 0.5) is 5.88 Å². The molecule has 20 heavy (non-hydrogen) atoms. The Morgan fingerprint density at radius 1 is 1.50 bits per heavy atom. The minimum Gasteiger partial charge on any atom is -0.400 e. The van der Waals surface area contributed by atoms with Gasteiger partial charge in [0.2, 0.25) is 0 Å². The Balaban J connectivity index is 1.99. The molecule has 0 atom stereocenters. The molecule has 1 amide bonds. The first-order valence-corrected chi connectivity index (χ1v) is 5.56. The number of aromatic nitrogens is 1. The van der Waals surface area contributed by atoms with E-state index in [1.165, 1.54) is 24.5 Å². The molecule has 1 N–H and O–H groups in total. The molecule has 0 unspecified atom stereocenters. The number of amides is 1. The number of carbonyl (C=O) groups is 1. The van der Waals surface area contributed by atoms with E-state index < -0.39 is 10.8 Å². The lowest BCUT2D eigenvalue weighted by Crippen LogP contribution is -2.17. The standard InChI is InChI=1S/C12H10N4O4/c1-8-6-9(4-5-13-8)12(17)15-14-7-10-2-3-11(20-10)16(18)19/h2-7H,1H3,(H,15,17)/b14-7-. The van der Waals surface area contributed by atoms with Crippen LogP contribution in [0.25, 0.3) is 0 Å². The molecule has 0 spiro atoms. The average molecular weight is 274 g/mol. The van der Waals surface area contributed by atoms with Crippen LogP contribution in [0.2, 0.25) is 0 Å². The summed E-state index contributed by atoms with van der Waals surface area (Å²) in [5, 5.41) is 14.1. The summed E-state index contributed by atoms with van der Waals surface area (Å²) in [7, 11) is 0. The van der Waals surface area contributed by atoms with Gasteiger partial charge in [0.05, 0.1) is 12.3 Å². The number of carbonyl (C=O) groups excluding carboxylic acids is 1. The van der Waals surface area contributed by atoms with Crippen LogP contribution in [0.5, 0.6) is 0 Å². The molecule has 0 aliphatic carbocycles. The maximum absolute atomic E-state index is 11.7. The Morgan fingerprint density at radius 2 is 2.30 bits per heavy atom. The zero-order chi connectivity index (χ0) is 14.5. The Morgan fingerprint density at radius 3 is 2.95 bits per heavy atom. The number of hydrogen-bond donors (Lipinski definition) is 1. The highest BCUT2D eigenvalue weighted by molar-refractivity contribution is 5.94. The van der Waals surface area contributed by atoms with Gasteiger partial charge in [-0.2, -0.15) is 5.10 Å². The smallest absolute Gasteiger partial charge is 0.400 e. The van der Waals surface area contributed by atoms with E-state index in [4.69, 9.17) is 4.42 Å². The second-order valence-corrected chi connectivity index (χ2v) is 3.82.